The molecule has 156 valence electrons. The summed E-state index contributed by atoms with van der Waals surface area (Å²) in [4.78, 5) is 35.8. The van der Waals surface area contributed by atoms with Crippen molar-refractivity contribution in [3.63, 3.8) is 0 Å². The highest BCUT2D eigenvalue weighted by Gasteiger charge is 2.49. The van der Waals surface area contributed by atoms with Crippen LogP contribution in [-0.2, 0) is 15.0 Å². The molecule has 2 aliphatic rings. The summed E-state index contributed by atoms with van der Waals surface area (Å²) < 4.78 is 13.0. The number of hydrogen-bond acceptors (Lipinski definition) is 6. The van der Waals surface area contributed by atoms with Crippen molar-refractivity contribution in [3.05, 3.63) is 23.2 Å². The number of hydrogen-bond donors (Lipinski definition) is 0. The van der Waals surface area contributed by atoms with E-state index in [1.807, 2.05) is 4.57 Å². The highest BCUT2D eigenvalue weighted by atomic mass is 35.5. The van der Waals surface area contributed by atoms with Crippen molar-refractivity contribution in [1.29, 1.82) is 0 Å². The number of ether oxygens (including phenoxy) is 2. The van der Waals surface area contributed by atoms with Gasteiger partial charge in [0.1, 0.15) is 16.9 Å². The second-order valence-corrected chi connectivity index (χ2v) is 9.15. The van der Waals surface area contributed by atoms with Crippen molar-refractivity contribution in [2.75, 3.05) is 13.7 Å². The second-order valence-electron chi connectivity index (χ2n) is 8.81. The zero-order valence-electron chi connectivity index (χ0n) is 17.1. The molecule has 9 heteroatoms. The normalized spacial score (nSPS) is 24.8. The Labute approximate surface area is 174 Å². The summed E-state index contributed by atoms with van der Waals surface area (Å²) in [7, 11) is 1.71. The van der Waals surface area contributed by atoms with Gasteiger partial charge >= 0.3 is 6.09 Å². The zero-order chi connectivity index (χ0) is 21.0. The summed E-state index contributed by atoms with van der Waals surface area (Å²) in [5.74, 6) is -0.395. The molecule has 0 bridgehead atoms. The fourth-order valence-electron chi connectivity index (χ4n) is 4.39. The molecule has 0 saturated heterocycles. The Balaban J connectivity index is 1.83. The lowest BCUT2D eigenvalue weighted by atomic mass is 9.78. The van der Waals surface area contributed by atoms with Gasteiger partial charge in [-0.05, 0) is 64.1 Å². The first-order valence-corrected chi connectivity index (χ1v) is 10.1. The van der Waals surface area contributed by atoms with Crippen LogP contribution in [0.1, 0.15) is 56.9 Å². The molecular weight excluding hydrogens is 396 g/mol. The smallest absolute Gasteiger partial charge is 0.417 e. The molecule has 0 atom stereocenters. The first-order chi connectivity index (χ1) is 13.6. The van der Waals surface area contributed by atoms with E-state index in [2.05, 4.69) is 9.97 Å². The third kappa shape index (κ3) is 3.48. The standard InChI is InChI=1S/C20H25ClN4O4/c1-19(2,3)29-18(27)24-11-20(7-5-13(28-4)6-8-20)25-14(16(24)26)9-12-10-22-17(21)23-15(12)25/h9-10,13H,5-8,11H2,1-4H3/t13-,20+. The van der Waals surface area contributed by atoms with Crippen LogP contribution in [0.25, 0.3) is 11.0 Å². The van der Waals surface area contributed by atoms with Crippen LogP contribution in [0.2, 0.25) is 5.28 Å². The highest BCUT2D eigenvalue weighted by Crippen LogP contribution is 2.43. The van der Waals surface area contributed by atoms with E-state index >= 15 is 0 Å². The summed E-state index contributed by atoms with van der Waals surface area (Å²) >= 11 is 6.05. The van der Waals surface area contributed by atoms with Crippen LogP contribution in [0.3, 0.4) is 0 Å². The van der Waals surface area contributed by atoms with Gasteiger partial charge in [-0.15, -0.1) is 0 Å². The number of fused-ring (bicyclic) bond motifs is 4. The van der Waals surface area contributed by atoms with Crippen LogP contribution in [-0.4, -0.2) is 56.8 Å². The van der Waals surface area contributed by atoms with Crippen LogP contribution in [0.5, 0.6) is 0 Å². The molecule has 2 amide bonds. The number of halogens is 1. The number of amides is 2. The first-order valence-electron chi connectivity index (χ1n) is 9.76. The molecule has 1 aliphatic carbocycles. The number of carbonyl (C=O) groups excluding carboxylic acids is 2. The number of methoxy groups -OCH3 is 1. The topological polar surface area (TPSA) is 86.5 Å². The lowest BCUT2D eigenvalue weighted by Gasteiger charge is -2.47. The van der Waals surface area contributed by atoms with Crippen molar-refractivity contribution in [2.24, 2.45) is 0 Å². The average molecular weight is 421 g/mol. The highest BCUT2D eigenvalue weighted by molar-refractivity contribution is 6.28. The van der Waals surface area contributed by atoms with Gasteiger partial charge in [0.25, 0.3) is 5.91 Å². The molecule has 8 nitrogen and oxygen atoms in total. The van der Waals surface area contributed by atoms with Crippen LogP contribution >= 0.6 is 11.6 Å². The predicted molar refractivity (Wildman–Crippen MR) is 107 cm³/mol. The molecule has 0 N–H and O–H groups in total. The third-order valence-electron chi connectivity index (χ3n) is 5.71. The van der Waals surface area contributed by atoms with Gasteiger partial charge in [-0.3, -0.25) is 4.79 Å². The molecule has 3 heterocycles. The number of rotatable bonds is 1. The molecule has 2 aromatic rings. The molecule has 0 unspecified atom stereocenters. The Hall–Kier alpha value is -2.19. The minimum atomic E-state index is -0.693. The largest absolute Gasteiger partial charge is 0.443 e. The van der Waals surface area contributed by atoms with Crippen LogP contribution in [0.15, 0.2) is 12.3 Å². The Morgan fingerprint density at radius 2 is 2.00 bits per heavy atom. The Morgan fingerprint density at radius 1 is 1.31 bits per heavy atom. The van der Waals surface area contributed by atoms with Crippen LogP contribution in [0, 0.1) is 0 Å². The Bertz CT molecular complexity index is 973. The van der Waals surface area contributed by atoms with Crippen molar-refractivity contribution < 1.29 is 19.1 Å². The maximum absolute atomic E-state index is 13.2. The van der Waals surface area contributed by atoms with Crippen LogP contribution in [0.4, 0.5) is 4.79 Å². The van der Waals surface area contributed by atoms with E-state index < -0.39 is 23.1 Å². The average Bonchev–Trinajstić information content (AvgIpc) is 3.04. The molecule has 1 fully saturated rings. The molecular formula is C20H25ClN4O4. The van der Waals surface area contributed by atoms with Gasteiger partial charge in [0.05, 0.1) is 18.2 Å². The van der Waals surface area contributed by atoms with Gasteiger partial charge in [-0.25, -0.2) is 14.7 Å². The molecule has 1 saturated carbocycles. The summed E-state index contributed by atoms with van der Waals surface area (Å²) in [6.07, 6.45) is 4.28. The maximum atomic E-state index is 13.2. The van der Waals surface area contributed by atoms with Crippen molar-refractivity contribution in [3.8, 4) is 0 Å². The van der Waals surface area contributed by atoms with Gasteiger partial charge in [0, 0.05) is 18.7 Å². The number of aromatic nitrogens is 3. The lowest BCUT2D eigenvalue weighted by molar-refractivity contribution is -0.00747. The van der Waals surface area contributed by atoms with Gasteiger partial charge in [-0.1, -0.05) is 0 Å². The third-order valence-corrected chi connectivity index (χ3v) is 5.90. The van der Waals surface area contributed by atoms with E-state index in [4.69, 9.17) is 21.1 Å². The fourth-order valence-corrected chi connectivity index (χ4v) is 4.52. The van der Waals surface area contributed by atoms with Gasteiger partial charge in [0.15, 0.2) is 0 Å². The first kappa shape index (κ1) is 20.1. The maximum Gasteiger partial charge on any atom is 0.417 e. The second kappa shape index (κ2) is 6.95. The molecule has 0 aromatic carbocycles. The number of carbonyl (C=O) groups is 2. The Kier molecular flexibility index (Phi) is 4.82. The zero-order valence-corrected chi connectivity index (χ0v) is 17.8. The van der Waals surface area contributed by atoms with Crippen molar-refractivity contribution >= 4 is 34.6 Å². The van der Waals surface area contributed by atoms with Gasteiger partial charge in [-0.2, -0.15) is 4.98 Å². The molecule has 2 aromatic heterocycles. The van der Waals surface area contributed by atoms with Gasteiger partial charge in [0.2, 0.25) is 5.28 Å². The molecule has 29 heavy (non-hydrogen) atoms. The van der Waals surface area contributed by atoms with E-state index in [1.54, 1.807) is 40.1 Å². The summed E-state index contributed by atoms with van der Waals surface area (Å²) in [6, 6.07) is 1.73. The SMILES string of the molecule is CO[C@H]1CC[C@@]2(CC1)CN(C(=O)OC(C)(C)C)C(=O)c1cc3cnc(Cl)nc3n12. The van der Waals surface area contributed by atoms with E-state index in [0.29, 0.717) is 11.3 Å². The van der Waals surface area contributed by atoms with E-state index in [0.717, 1.165) is 31.1 Å². The quantitative estimate of drug-likeness (QED) is 0.653. The van der Waals surface area contributed by atoms with Crippen molar-refractivity contribution in [2.45, 2.75) is 63.7 Å². The summed E-state index contributed by atoms with van der Waals surface area (Å²) in [5, 5.41) is 0.846. The fraction of sp³-hybridized carbons (Fsp3) is 0.600. The molecule has 0 radical (unpaired) electrons. The van der Waals surface area contributed by atoms with E-state index in [1.165, 1.54) is 4.90 Å². The summed E-state index contributed by atoms with van der Waals surface area (Å²) in [6.45, 7) is 5.59. The summed E-state index contributed by atoms with van der Waals surface area (Å²) in [5.41, 5.74) is -0.145. The molecule has 1 spiro atoms. The number of nitrogens with zero attached hydrogens (tertiary/aromatic N) is 4. The molecule has 1 aliphatic heterocycles. The minimum absolute atomic E-state index is 0.126. The lowest BCUT2D eigenvalue weighted by Crippen LogP contribution is -2.57. The Morgan fingerprint density at radius 3 is 2.62 bits per heavy atom. The van der Waals surface area contributed by atoms with Crippen LogP contribution < -0.4 is 0 Å². The minimum Gasteiger partial charge on any atom is -0.443 e. The van der Waals surface area contributed by atoms with E-state index in [-0.39, 0.29) is 17.9 Å². The van der Waals surface area contributed by atoms with Crippen molar-refractivity contribution in [1.82, 2.24) is 19.4 Å². The monoisotopic (exact) mass is 420 g/mol. The predicted octanol–water partition coefficient (Wildman–Crippen LogP) is 3.76. The van der Waals surface area contributed by atoms with E-state index in [9.17, 15) is 9.59 Å². The van der Waals surface area contributed by atoms with Gasteiger partial charge < -0.3 is 14.0 Å². The number of imide groups is 1. The molecule has 4 rings (SSSR count).